The highest BCUT2D eigenvalue weighted by Gasteiger charge is 2.33. The van der Waals surface area contributed by atoms with Crippen molar-refractivity contribution in [3.05, 3.63) is 29.8 Å². The highest BCUT2D eigenvalue weighted by Crippen LogP contribution is 2.25. The van der Waals surface area contributed by atoms with Crippen molar-refractivity contribution < 1.29 is 9.53 Å². The van der Waals surface area contributed by atoms with Crippen LogP contribution in [0.4, 0.5) is 5.69 Å². The largest absolute Gasteiger partial charge is 0.379 e. The van der Waals surface area contributed by atoms with E-state index >= 15 is 0 Å². The predicted octanol–water partition coefficient (Wildman–Crippen LogP) is 2.37. The SMILES string of the molecule is CCNC1COCC1C(=O)Nc1ccccc1C(C)C. The molecule has 1 fully saturated rings. The van der Waals surface area contributed by atoms with Crippen molar-refractivity contribution in [1.29, 1.82) is 0 Å². The highest BCUT2D eigenvalue weighted by molar-refractivity contribution is 5.94. The second-order valence-corrected chi connectivity index (χ2v) is 5.54. The summed E-state index contributed by atoms with van der Waals surface area (Å²) >= 11 is 0. The van der Waals surface area contributed by atoms with Crippen LogP contribution in [-0.2, 0) is 9.53 Å². The molecule has 0 radical (unpaired) electrons. The van der Waals surface area contributed by atoms with Crippen LogP contribution in [-0.4, -0.2) is 31.7 Å². The molecule has 2 unspecified atom stereocenters. The second-order valence-electron chi connectivity index (χ2n) is 5.54. The first-order valence-electron chi connectivity index (χ1n) is 7.34. The average molecular weight is 276 g/mol. The van der Waals surface area contributed by atoms with Crippen molar-refractivity contribution in [2.24, 2.45) is 5.92 Å². The fourth-order valence-electron chi connectivity index (χ4n) is 2.62. The number of carbonyl (C=O) groups excluding carboxylic acids is 1. The Morgan fingerprint density at radius 1 is 1.35 bits per heavy atom. The summed E-state index contributed by atoms with van der Waals surface area (Å²) in [5.74, 6) is 0.313. The van der Waals surface area contributed by atoms with Crippen LogP contribution in [0, 0.1) is 5.92 Å². The van der Waals surface area contributed by atoms with E-state index in [9.17, 15) is 4.79 Å². The molecular formula is C16H24N2O2. The van der Waals surface area contributed by atoms with Gasteiger partial charge < -0.3 is 15.4 Å². The molecule has 0 aromatic heterocycles. The summed E-state index contributed by atoms with van der Waals surface area (Å²) in [6.45, 7) is 8.25. The first-order valence-corrected chi connectivity index (χ1v) is 7.34. The number of nitrogens with one attached hydrogen (secondary N) is 2. The van der Waals surface area contributed by atoms with Crippen LogP contribution < -0.4 is 10.6 Å². The third-order valence-corrected chi connectivity index (χ3v) is 3.72. The second kappa shape index (κ2) is 6.86. The van der Waals surface area contributed by atoms with Gasteiger partial charge in [0.05, 0.1) is 19.1 Å². The monoisotopic (exact) mass is 276 g/mol. The number of rotatable bonds is 5. The van der Waals surface area contributed by atoms with Crippen molar-refractivity contribution >= 4 is 11.6 Å². The summed E-state index contributed by atoms with van der Waals surface area (Å²) in [5.41, 5.74) is 2.08. The zero-order valence-electron chi connectivity index (χ0n) is 12.5. The molecule has 1 aliphatic heterocycles. The zero-order chi connectivity index (χ0) is 14.5. The number of anilines is 1. The fraction of sp³-hybridized carbons (Fsp3) is 0.562. The van der Waals surface area contributed by atoms with Gasteiger partial charge in [-0.2, -0.15) is 0 Å². The maximum absolute atomic E-state index is 12.4. The number of hydrogen-bond acceptors (Lipinski definition) is 3. The lowest BCUT2D eigenvalue weighted by Gasteiger charge is -2.19. The minimum absolute atomic E-state index is 0.0431. The Balaban J connectivity index is 2.08. The molecule has 1 aliphatic rings. The molecule has 0 spiro atoms. The molecule has 1 amide bonds. The van der Waals surface area contributed by atoms with Crippen LogP contribution in [0.3, 0.4) is 0 Å². The van der Waals surface area contributed by atoms with Crippen molar-refractivity contribution in [3.63, 3.8) is 0 Å². The fourth-order valence-corrected chi connectivity index (χ4v) is 2.62. The quantitative estimate of drug-likeness (QED) is 0.868. The topological polar surface area (TPSA) is 50.4 Å². The van der Waals surface area contributed by atoms with E-state index in [1.807, 2.05) is 25.1 Å². The number of ether oxygens (including phenoxy) is 1. The summed E-state index contributed by atoms with van der Waals surface area (Å²) in [7, 11) is 0. The van der Waals surface area contributed by atoms with E-state index < -0.39 is 0 Å². The first-order chi connectivity index (χ1) is 9.63. The normalized spacial score (nSPS) is 22.2. The molecule has 4 nitrogen and oxygen atoms in total. The number of likely N-dealkylation sites (N-methyl/N-ethyl adjacent to an activating group) is 1. The minimum Gasteiger partial charge on any atom is -0.379 e. The van der Waals surface area contributed by atoms with Gasteiger partial charge in [-0.05, 0) is 24.1 Å². The van der Waals surface area contributed by atoms with Crippen molar-refractivity contribution in [3.8, 4) is 0 Å². The van der Waals surface area contributed by atoms with E-state index in [1.54, 1.807) is 0 Å². The summed E-state index contributed by atoms with van der Waals surface area (Å²) in [6, 6.07) is 8.10. The van der Waals surface area contributed by atoms with E-state index in [-0.39, 0.29) is 17.9 Å². The molecular weight excluding hydrogens is 252 g/mol. The third kappa shape index (κ3) is 3.38. The van der Waals surface area contributed by atoms with Crippen LogP contribution in [0.25, 0.3) is 0 Å². The lowest BCUT2D eigenvalue weighted by Crippen LogP contribution is -2.41. The molecule has 20 heavy (non-hydrogen) atoms. The standard InChI is InChI=1S/C16H24N2O2/c1-4-17-15-10-20-9-13(15)16(19)18-14-8-6-5-7-12(14)11(2)3/h5-8,11,13,15,17H,4,9-10H2,1-3H3,(H,18,19). The van der Waals surface area contributed by atoms with Gasteiger partial charge in [-0.1, -0.05) is 39.0 Å². The molecule has 0 saturated carbocycles. The molecule has 1 aromatic carbocycles. The Hall–Kier alpha value is -1.39. The summed E-state index contributed by atoms with van der Waals surface area (Å²) in [5, 5.41) is 6.38. The Bertz CT molecular complexity index is 460. The lowest BCUT2D eigenvalue weighted by molar-refractivity contribution is -0.120. The Morgan fingerprint density at radius 2 is 2.10 bits per heavy atom. The Labute approximate surface area is 120 Å². The Morgan fingerprint density at radius 3 is 2.80 bits per heavy atom. The molecule has 1 aromatic rings. The number of benzene rings is 1. The van der Waals surface area contributed by atoms with Crippen LogP contribution in [0.1, 0.15) is 32.3 Å². The van der Waals surface area contributed by atoms with E-state index in [0.29, 0.717) is 19.1 Å². The molecule has 110 valence electrons. The van der Waals surface area contributed by atoms with E-state index in [2.05, 4.69) is 30.5 Å². The van der Waals surface area contributed by atoms with E-state index in [0.717, 1.165) is 12.2 Å². The number of carbonyl (C=O) groups is 1. The van der Waals surface area contributed by atoms with Crippen LogP contribution in [0.15, 0.2) is 24.3 Å². The highest BCUT2D eigenvalue weighted by atomic mass is 16.5. The average Bonchev–Trinajstić information content (AvgIpc) is 2.88. The number of amides is 1. The lowest BCUT2D eigenvalue weighted by atomic mass is 9.99. The summed E-state index contributed by atoms with van der Waals surface area (Å²) < 4.78 is 5.44. The van der Waals surface area contributed by atoms with Gasteiger partial charge >= 0.3 is 0 Å². The van der Waals surface area contributed by atoms with Crippen LogP contribution >= 0.6 is 0 Å². The molecule has 2 rings (SSSR count). The van der Waals surface area contributed by atoms with Crippen molar-refractivity contribution in [1.82, 2.24) is 5.32 Å². The smallest absolute Gasteiger partial charge is 0.231 e. The number of hydrogen-bond donors (Lipinski definition) is 2. The Kier molecular flexibility index (Phi) is 5.15. The third-order valence-electron chi connectivity index (χ3n) is 3.72. The van der Waals surface area contributed by atoms with Gasteiger partial charge in [0.25, 0.3) is 0 Å². The summed E-state index contributed by atoms with van der Waals surface area (Å²) in [4.78, 5) is 12.4. The zero-order valence-corrected chi connectivity index (χ0v) is 12.5. The van der Waals surface area contributed by atoms with Gasteiger partial charge in [0.15, 0.2) is 0 Å². The summed E-state index contributed by atoms with van der Waals surface area (Å²) in [6.07, 6.45) is 0. The number of para-hydroxylation sites is 1. The molecule has 4 heteroatoms. The first kappa shape index (κ1) is 15.0. The van der Waals surface area contributed by atoms with Gasteiger partial charge in [-0.25, -0.2) is 0 Å². The molecule has 0 aliphatic carbocycles. The van der Waals surface area contributed by atoms with Gasteiger partial charge in [-0.15, -0.1) is 0 Å². The van der Waals surface area contributed by atoms with Crippen molar-refractivity contribution in [2.45, 2.75) is 32.7 Å². The molecule has 1 saturated heterocycles. The van der Waals surface area contributed by atoms with Gasteiger partial charge in [0, 0.05) is 11.7 Å². The van der Waals surface area contributed by atoms with Gasteiger partial charge in [-0.3, -0.25) is 4.79 Å². The molecule has 1 heterocycles. The van der Waals surface area contributed by atoms with Crippen molar-refractivity contribution in [2.75, 3.05) is 25.1 Å². The molecule has 0 bridgehead atoms. The van der Waals surface area contributed by atoms with Gasteiger partial charge in [0.1, 0.15) is 0 Å². The van der Waals surface area contributed by atoms with Crippen LogP contribution in [0.2, 0.25) is 0 Å². The minimum atomic E-state index is -0.116. The molecule has 2 atom stereocenters. The molecule has 2 N–H and O–H groups in total. The van der Waals surface area contributed by atoms with E-state index in [1.165, 1.54) is 5.56 Å². The predicted molar refractivity (Wildman–Crippen MR) is 80.9 cm³/mol. The van der Waals surface area contributed by atoms with Crippen LogP contribution in [0.5, 0.6) is 0 Å². The maximum atomic E-state index is 12.4. The maximum Gasteiger partial charge on any atom is 0.231 e. The van der Waals surface area contributed by atoms with E-state index in [4.69, 9.17) is 4.74 Å². The van der Waals surface area contributed by atoms with Gasteiger partial charge in [0.2, 0.25) is 5.91 Å².